The van der Waals surface area contributed by atoms with Gasteiger partial charge in [-0.3, -0.25) is 9.78 Å². The van der Waals surface area contributed by atoms with Crippen LogP contribution in [0.4, 0.5) is 0 Å². The number of carbonyl (C=O) groups is 1. The first kappa shape index (κ1) is 14.0. The highest BCUT2D eigenvalue weighted by molar-refractivity contribution is 5.97. The molecule has 0 fully saturated rings. The molecule has 5 heteroatoms. The maximum Gasteiger partial charge on any atom is 0.258 e. The minimum Gasteiger partial charge on any atom is -0.371 e. The first-order valence-electron chi connectivity index (χ1n) is 7.58. The number of pyridine rings is 1. The molecule has 1 atom stereocenters. The third-order valence-corrected chi connectivity index (χ3v) is 4.50. The number of amides is 1. The van der Waals surface area contributed by atoms with E-state index in [1.54, 1.807) is 25.4 Å². The van der Waals surface area contributed by atoms with Crippen LogP contribution in [0.2, 0.25) is 0 Å². The lowest BCUT2D eigenvalue weighted by atomic mass is 9.92. The Kier molecular flexibility index (Phi) is 2.99. The van der Waals surface area contributed by atoms with Gasteiger partial charge in [0.15, 0.2) is 0 Å². The van der Waals surface area contributed by atoms with Gasteiger partial charge < -0.3 is 15.0 Å². The highest BCUT2D eigenvalue weighted by Crippen LogP contribution is 2.31. The van der Waals surface area contributed by atoms with Crippen LogP contribution in [0.15, 0.2) is 48.9 Å². The van der Waals surface area contributed by atoms with E-state index in [2.05, 4.69) is 9.97 Å². The highest BCUT2D eigenvalue weighted by atomic mass is 16.3. The van der Waals surface area contributed by atoms with Crippen LogP contribution < -0.4 is 0 Å². The number of hydrogen-bond acceptors (Lipinski definition) is 3. The molecule has 3 heterocycles. The van der Waals surface area contributed by atoms with Gasteiger partial charge in [0.25, 0.3) is 5.91 Å². The molecule has 3 aromatic rings. The molecule has 1 unspecified atom stereocenters. The van der Waals surface area contributed by atoms with Gasteiger partial charge in [-0.2, -0.15) is 0 Å². The summed E-state index contributed by atoms with van der Waals surface area (Å²) >= 11 is 0. The second-order valence-corrected chi connectivity index (χ2v) is 6.18. The number of benzene rings is 1. The van der Waals surface area contributed by atoms with E-state index < -0.39 is 5.72 Å². The van der Waals surface area contributed by atoms with E-state index >= 15 is 0 Å². The van der Waals surface area contributed by atoms with Crippen LogP contribution in [0.3, 0.4) is 0 Å². The van der Waals surface area contributed by atoms with Crippen molar-refractivity contribution in [2.45, 2.75) is 25.6 Å². The molecule has 1 aromatic carbocycles. The lowest BCUT2D eigenvalue weighted by Crippen LogP contribution is -2.54. The monoisotopic (exact) mass is 307 g/mol. The number of para-hydroxylation sites is 1. The fraction of sp³-hybridized carbons (Fsp3) is 0.222. The largest absolute Gasteiger partial charge is 0.371 e. The van der Waals surface area contributed by atoms with Crippen LogP contribution in [0, 0.1) is 0 Å². The van der Waals surface area contributed by atoms with Crippen molar-refractivity contribution < 1.29 is 9.90 Å². The molecule has 23 heavy (non-hydrogen) atoms. The summed E-state index contributed by atoms with van der Waals surface area (Å²) in [6.45, 7) is 2.04. The standard InChI is InChI=1S/C18H17N3O2/c1-18(23)8-12-6-7-19-10-15(12)17(22)21(18)11-13-9-20-16-5-3-2-4-14(13)16/h2-7,9-10,20,23H,8,11H2,1H3. The number of aromatic nitrogens is 2. The molecule has 0 saturated carbocycles. The Morgan fingerprint density at radius 3 is 3.04 bits per heavy atom. The van der Waals surface area contributed by atoms with Crippen LogP contribution in [-0.2, 0) is 13.0 Å². The van der Waals surface area contributed by atoms with Crippen molar-refractivity contribution >= 4 is 16.8 Å². The van der Waals surface area contributed by atoms with E-state index in [0.29, 0.717) is 18.5 Å². The van der Waals surface area contributed by atoms with Crippen LogP contribution in [0.5, 0.6) is 0 Å². The lowest BCUT2D eigenvalue weighted by Gasteiger charge is -2.41. The summed E-state index contributed by atoms with van der Waals surface area (Å²) in [6.07, 6.45) is 5.53. The molecule has 1 aliphatic rings. The van der Waals surface area contributed by atoms with Gasteiger partial charge >= 0.3 is 0 Å². The van der Waals surface area contributed by atoms with Crippen molar-refractivity contribution in [3.63, 3.8) is 0 Å². The van der Waals surface area contributed by atoms with Crippen LogP contribution in [0.1, 0.15) is 28.4 Å². The van der Waals surface area contributed by atoms with Gasteiger partial charge in [-0.1, -0.05) is 18.2 Å². The fourth-order valence-corrected chi connectivity index (χ4v) is 3.27. The van der Waals surface area contributed by atoms with Crippen molar-refractivity contribution in [1.82, 2.24) is 14.9 Å². The maximum atomic E-state index is 12.8. The molecule has 1 aliphatic heterocycles. The Labute approximate surface area is 133 Å². The molecule has 5 nitrogen and oxygen atoms in total. The van der Waals surface area contributed by atoms with Gasteiger partial charge in [0.1, 0.15) is 5.72 Å². The number of hydrogen-bond donors (Lipinski definition) is 2. The van der Waals surface area contributed by atoms with Crippen molar-refractivity contribution in [2.24, 2.45) is 0 Å². The lowest BCUT2D eigenvalue weighted by molar-refractivity contribution is -0.0812. The number of aromatic amines is 1. The van der Waals surface area contributed by atoms with Crippen LogP contribution >= 0.6 is 0 Å². The molecular weight excluding hydrogens is 290 g/mol. The summed E-state index contributed by atoms with van der Waals surface area (Å²) in [6, 6.07) is 9.74. The average molecular weight is 307 g/mol. The van der Waals surface area contributed by atoms with Crippen molar-refractivity contribution in [3.05, 3.63) is 65.6 Å². The SMILES string of the molecule is CC1(O)Cc2ccncc2C(=O)N1Cc1c[nH]c2ccccc12. The summed E-state index contributed by atoms with van der Waals surface area (Å²) in [5, 5.41) is 11.9. The normalized spacial score (nSPS) is 20.8. The molecule has 4 rings (SSSR count). The Morgan fingerprint density at radius 1 is 1.35 bits per heavy atom. The van der Waals surface area contributed by atoms with Crippen molar-refractivity contribution in [2.75, 3.05) is 0 Å². The van der Waals surface area contributed by atoms with E-state index in [1.165, 1.54) is 4.90 Å². The van der Waals surface area contributed by atoms with E-state index in [4.69, 9.17) is 0 Å². The Balaban J connectivity index is 1.75. The average Bonchev–Trinajstić information content (AvgIpc) is 2.94. The molecule has 0 bridgehead atoms. The van der Waals surface area contributed by atoms with E-state index in [0.717, 1.165) is 22.0 Å². The predicted octanol–water partition coefficient (Wildman–Crippen LogP) is 2.47. The molecule has 1 amide bonds. The zero-order valence-electron chi connectivity index (χ0n) is 12.8. The first-order chi connectivity index (χ1) is 11.1. The number of H-pyrrole nitrogens is 1. The molecule has 2 aromatic heterocycles. The van der Waals surface area contributed by atoms with Crippen LogP contribution in [-0.4, -0.2) is 31.6 Å². The number of nitrogens with one attached hydrogen (secondary N) is 1. The summed E-state index contributed by atoms with van der Waals surface area (Å²) < 4.78 is 0. The van der Waals surface area contributed by atoms with Gasteiger partial charge in [0.2, 0.25) is 0 Å². The summed E-state index contributed by atoms with van der Waals surface area (Å²) in [5.74, 6) is -0.186. The highest BCUT2D eigenvalue weighted by Gasteiger charge is 2.40. The van der Waals surface area contributed by atoms with E-state index in [9.17, 15) is 9.90 Å². The molecule has 0 aliphatic carbocycles. The van der Waals surface area contributed by atoms with E-state index in [1.807, 2.05) is 30.5 Å². The predicted molar refractivity (Wildman–Crippen MR) is 86.7 cm³/mol. The quantitative estimate of drug-likeness (QED) is 0.764. The minimum atomic E-state index is -1.22. The second-order valence-electron chi connectivity index (χ2n) is 6.18. The third-order valence-electron chi connectivity index (χ3n) is 4.50. The minimum absolute atomic E-state index is 0.186. The zero-order valence-corrected chi connectivity index (χ0v) is 12.8. The van der Waals surface area contributed by atoms with E-state index in [-0.39, 0.29) is 5.91 Å². The molecular formula is C18H17N3O2. The number of rotatable bonds is 2. The van der Waals surface area contributed by atoms with Gasteiger partial charge in [-0.25, -0.2) is 0 Å². The summed E-state index contributed by atoms with van der Waals surface area (Å²) in [4.78, 5) is 21.6. The fourth-order valence-electron chi connectivity index (χ4n) is 3.27. The number of fused-ring (bicyclic) bond motifs is 2. The van der Waals surface area contributed by atoms with Crippen molar-refractivity contribution in [1.29, 1.82) is 0 Å². The smallest absolute Gasteiger partial charge is 0.258 e. The Morgan fingerprint density at radius 2 is 2.17 bits per heavy atom. The van der Waals surface area contributed by atoms with Gasteiger partial charge in [0, 0.05) is 35.9 Å². The summed E-state index contributed by atoms with van der Waals surface area (Å²) in [7, 11) is 0. The van der Waals surface area contributed by atoms with Crippen molar-refractivity contribution in [3.8, 4) is 0 Å². The zero-order chi connectivity index (χ0) is 16.0. The molecule has 0 radical (unpaired) electrons. The third kappa shape index (κ3) is 2.21. The van der Waals surface area contributed by atoms with Gasteiger partial charge in [0.05, 0.1) is 12.1 Å². The van der Waals surface area contributed by atoms with Gasteiger partial charge in [-0.05, 0) is 30.2 Å². The Bertz CT molecular complexity index is 898. The number of carbonyl (C=O) groups excluding carboxylic acids is 1. The van der Waals surface area contributed by atoms with Gasteiger partial charge in [-0.15, -0.1) is 0 Å². The maximum absolute atomic E-state index is 12.8. The molecule has 116 valence electrons. The van der Waals surface area contributed by atoms with Crippen LogP contribution in [0.25, 0.3) is 10.9 Å². The second kappa shape index (κ2) is 4.93. The Hall–Kier alpha value is -2.66. The summed E-state index contributed by atoms with van der Waals surface area (Å²) in [5.41, 5.74) is 2.20. The molecule has 0 saturated heterocycles. The number of aliphatic hydroxyl groups is 1. The first-order valence-corrected chi connectivity index (χ1v) is 7.58. The molecule has 2 N–H and O–H groups in total. The number of nitrogens with zero attached hydrogens (tertiary/aromatic N) is 2. The topological polar surface area (TPSA) is 69.2 Å². The molecule has 0 spiro atoms.